The number of nitrogens with one attached hydrogen (secondary N) is 3. The van der Waals surface area contributed by atoms with Crippen LogP contribution in [0, 0.1) is 5.92 Å². The van der Waals surface area contributed by atoms with Crippen molar-refractivity contribution in [3.05, 3.63) is 17.5 Å². The van der Waals surface area contributed by atoms with Crippen LogP contribution in [0.15, 0.2) is 21.7 Å². The summed E-state index contributed by atoms with van der Waals surface area (Å²) in [5, 5.41) is 7.70. The number of hydrogen-bond acceptors (Lipinski definition) is 5. The number of carbonyl (C=O) groups excluding carboxylic acids is 1. The van der Waals surface area contributed by atoms with Crippen molar-refractivity contribution in [2.75, 3.05) is 26.2 Å². The Morgan fingerprint density at radius 1 is 1.33 bits per heavy atom. The molecule has 2 rings (SSSR count). The predicted molar refractivity (Wildman–Crippen MR) is 85.4 cm³/mol. The second kappa shape index (κ2) is 8.70. The molecule has 21 heavy (non-hydrogen) atoms. The molecule has 9 heteroatoms. The molecule has 1 aliphatic rings. The Kier molecular flexibility index (Phi) is 7.61. The summed E-state index contributed by atoms with van der Waals surface area (Å²) < 4.78 is 26.4. The van der Waals surface area contributed by atoms with Gasteiger partial charge in [-0.25, -0.2) is 13.1 Å². The zero-order valence-electron chi connectivity index (χ0n) is 11.5. The number of carbonyl (C=O) groups is 1. The number of thiophene rings is 1. The molecular formula is C12H20ClN3O3S2. The fourth-order valence-corrected chi connectivity index (χ4v) is 4.16. The Hall–Kier alpha value is -0.670. The Bertz CT molecular complexity index is 528. The van der Waals surface area contributed by atoms with Crippen LogP contribution in [-0.2, 0) is 14.8 Å². The minimum Gasteiger partial charge on any atom is -0.355 e. The lowest BCUT2D eigenvalue weighted by Crippen LogP contribution is -2.41. The van der Waals surface area contributed by atoms with E-state index in [-0.39, 0.29) is 30.8 Å². The molecule has 0 unspecified atom stereocenters. The van der Waals surface area contributed by atoms with Gasteiger partial charge in [-0.3, -0.25) is 4.79 Å². The molecular weight excluding hydrogens is 334 g/mol. The van der Waals surface area contributed by atoms with E-state index in [0.717, 1.165) is 25.9 Å². The molecule has 1 fully saturated rings. The molecule has 3 N–H and O–H groups in total. The van der Waals surface area contributed by atoms with Crippen LogP contribution in [0.2, 0.25) is 0 Å². The third-order valence-electron chi connectivity index (χ3n) is 3.19. The van der Waals surface area contributed by atoms with Crippen LogP contribution < -0.4 is 15.4 Å². The van der Waals surface area contributed by atoms with Gasteiger partial charge < -0.3 is 10.6 Å². The minimum absolute atomic E-state index is 0. The normalized spacial score (nSPS) is 16.2. The molecule has 0 radical (unpaired) electrons. The van der Waals surface area contributed by atoms with Gasteiger partial charge in [0, 0.05) is 19.0 Å². The molecule has 6 nitrogen and oxygen atoms in total. The van der Waals surface area contributed by atoms with E-state index in [4.69, 9.17) is 0 Å². The van der Waals surface area contributed by atoms with E-state index in [1.54, 1.807) is 17.5 Å². The number of amides is 1. The van der Waals surface area contributed by atoms with Crippen molar-refractivity contribution in [2.24, 2.45) is 5.92 Å². The van der Waals surface area contributed by atoms with E-state index in [2.05, 4.69) is 15.4 Å². The highest BCUT2D eigenvalue weighted by Gasteiger charge is 2.20. The molecule has 0 bridgehead atoms. The van der Waals surface area contributed by atoms with Gasteiger partial charge in [0.2, 0.25) is 15.9 Å². The molecule has 0 aromatic carbocycles. The van der Waals surface area contributed by atoms with Gasteiger partial charge in [-0.1, -0.05) is 6.07 Å². The van der Waals surface area contributed by atoms with Crippen LogP contribution in [0.1, 0.15) is 12.8 Å². The fourth-order valence-electron chi connectivity index (χ4n) is 2.09. The van der Waals surface area contributed by atoms with Gasteiger partial charge in [-0.05, 0) is 37.4 Å². The minimum atomic E-state index is -3.43. The van der Waals surface area contributed by atoms with Gasteiger partial charge in [0.1, 0.15) is 4.21 Å². The summed E-state index contributed by atoms with van der Waals surface area (Å²) in [6.45, 7) is 2.25. The zero-order chi connectivity index (χ0) is 14.4. The summed E-state index contributed by atoms with van der Waals surface area (Å²) >= 11 is 1.17. The van der Waals surface area contributed by atoms with Gasteiger partial charge >= 0.3 is 0 Å². The first-order valence-electron chi connectivity index (χ1n) is 6.61. The van der Waals surface area contributed by atoms with Crippen LogP contribution in [-0.4, -0.2) is 40.5 Å². The lowest BCUT2D eigenvalue weighted by molar-refractivity contribution is -0.125. The van der Waals surface area contributed by atoms with E-state index >= 15 is 0 Å². The molecule has 1 aromatic rings. The number of halogens is 1. The standard InChI is InChI=1S/C12H19N3O3S2.ClH/c16-12(10-3-5-13-6-4-10)14-7-8-15-20(17,18)11-2-1-9-19-11;/h1-2,9-10,13,15H,3-8H2,(H,14,16);1H. The van der Waals surface area contributed by atoms with Gasteiger partial charge in [-0.15, -0.1) is 23.7 Å². The monoisotopic (exact) mass is 353 g/mol. The average molecular weight is 354 g/mol. The first kappa shape index (κ1) is 18.4. The van der Waals surface area contributed by atoms with E-state index in [0.29, 0.717) is 10.8 Å². The third kappa shape index (κ3) is 5.55. The number of hydrogen-bond donors (Lipinski definition) is 3. The predicted octanol–water partition coefficient (Wildman–Crippen LogP) is 0.564. The largest absolute Gasteiger partial charge is 0.355 e. The van der Waals surface area contributed by atoms with E-state index in [1.807, 2.05) is 0 Å². The molecule has 1 aliphatic heterocycles. The molecule has 1 amide bonds. The van der Waals surface area contributed by atoms with E-state index < -0.39 is 10.0 Å². The summed E-state index contributed by atoms with van der Waals surface area (Å²) in [5.41, 5.74) is 0. The number of piperidine rings is 1. The smallest absolute Gasteiger partial charge is 0.250 e. The van der Waals surface area contributed by atoms with Gasteiger partial charge in [0.25, 0.3) is 0 Å². The van der Waals surface area contributed by atoms with Crippen molar-refractivity contribution in [1.29, 1.82) is 0 Å². The molecule has 0 saturated carbocycles. The number of sulfonamides is 1. The van der Waals surface area contributed by atoms with E-state index in [9.17, 15) is 13.2 Å². The second-order valence-electron chi connectivity index (χ2n) is 4.65. The molecule has 1 aromatic heterocycles. The Labute approximate surface area is 135 Å². The van der Waals surface area contributed by atoms with Crippen molar-refractivity contribution >= 4 is 39.7 Å². The highest BCUT2D eigenvalue weighted by molar-refractivity contribution is 7.91. The number of rotatable bonds is 6. The van der Waals surface area contributed by atoms with Crippen molar-refractivity contribution < 1.29 is 13.2 Å². The SMILES string of the molecule is Cl.O=C(NCCNS(=O)(=O)c1cccs1)C1CCNCC1. The first-order valence-corrected chi connectivity index (χ1v) is 8.97. The fraction of sp³-hybridized carbons (Fsp3) is 0.583. The van der Waals surface area contributed by atoms with Crippen molar-refractivity contribution in [3.8, 4) is 0 Å². The maximum atomic E-state index is 11.8. The Morgan fingerprint density at radius 3 is 2.67 bits per heavy atom. The van der Waals surface area contributed by atoms with Crippen LogP contribution in [0.3, 0.4) is 0 Å². The summed E-state index contributed by atoms with van der Waals surface area (Å²) in [7, 11) is -3.43. The molecule has 0 atom stereocenters. The lowest BCUT2D eigenvalue weighted by atomic mass is 9.97. The van der Waals surface area contributed by atoms with Crippen LogP contribution in [0.4, 0.5) is 0 Å². The van der Waals surface area contributed by atoms with Gasteiger partial charge in [0.15, 0.2) is 0 Å². The summed E-state index contributed by atoms with van der Waals surface area (Å²) in [6, 6.07) is 3.25. The van der Waals surface area contributed by atoms with Crippen molar-refractivity contribution in [1.82, 2.24) is 15.4 Å². The van der Waals surface area contributed by atoms with Gasteiger partial charge in [-0.2, -0.15) is 0 Å². The van der Waals surface area contributed by atoms with Crippen molar-refractivity contribution in [3.63, 3.8) is 0 Å². The maximum absolute atomic E-state index is 11.8. The third-order valence-corrected chi connectivity index (χ3v) is 6.04. The van der Waals surface area contributed by atoms with Crippen LogP contribution in [0.25, 0.3) is 0 Å². The summed E-state index contributed by atoms with van der Waals surface area (Å²) in [6.07, 6.45) is 1.68. The second-order valence-corrected chi connectivity index (χ2v) is 7.59. The van der Waals surface area contributed by atoms with Crippen LogP contribution >= 0.6 is 23.7 Å². The lowest BCUT2D eigenvalue weighted by Gasteiger charge is -2.21. The van der Waals surface area contributed by atoms with Crippen molar-refractivity contribution in [2.45, 2.75) is 17.1 Å². The molecule has 0 aliphatic carbocycles. The topological polar surface area (TPSA) is 87.3 Å². The maximum Gasteiger partial charge on any atom is 0.250 e. The first-order chi connectivity index (χ1) is 9.59. The Morgan fingerprint density at radius 2 is 2.05 bits per heavy atom. The molecule has 2 heterocycles. The highest BCUT2D eigenvalue weighted by Crippen LogP contribution is 2.14. The van der Waals surface area contributed by atoms with Crippen LogP contribution in [0.5, 0.6) is 0 Å². The average Bonchev–Trinajstić information content (AvgIpc) is 2.99. The quantitative estimate of drug-likeness (QED) is 0.652. The highest BCUT2D eigenvalue weighted by atomic mass is 35.5. The molecule has 120 valence electrons. The molecule has 1 saturated heterocycles. The van der Waals surface area contributed by atoms with E-state index in [1.165, 1.54) is 11.3 Å². The summed E-state index contributed by atoms with van der Waals surface area (Å²) in [5.74, 6) is 0.0620. The van der Waals surface area contributed by atoms with Gasteiger partial charge in [0.05, 0.1) is 0 Å². The summed E-state index contributed by atoms with van der Waals surface area (Å²) in [4.78, 5) is 11.8. The Balaban J connectivity index is 0.00000220. The zero-order valence-corrected chi connectivity index (χ0v) is 14.0. The molecule has 0 spiro atoms.